The summed E-state index contributed by atoms with van der Waals surface area (Å²) in [5.74, 6) is -0.217. The maximum absolute atomic E-state index is 13.5. The topological polar surface area (TPSA) is 76.1 Å². The predicted octanol–water partition coefficient (Wildman–Crippen LogP) is 1.86. The van der Waals surface area contributed by atoms with Gasteiger partial charge >= 0.3 is 0 Å². The number of ether oxygens (including phenoxy) is 1. The van der Waals surface area contributed by atoms with Gasteiger partial charge in [-0.15, -0.1) is 0 Å². The molecule has 7 heteroatoms. The van der Waals surface area contributed by atoms with E-state index >= 15 is 0 Å². The molecule has 6 nitrogen and oxygen atoms in total. The second-order valence-corrected chi connectivity index (χ2v) is 4.46. The Morgan fingerprint density at radius 2 is 2.05 bits per heavy atom. The molecule has 0 bridgehead atoms. The smallest absolute Gasteiger partial charge is 0.251 e. The van der Waals surface area contributed by atoms with E-state index in [0.717, 1.165) is 6.07 Å². The van der Waals surface area contributed by atoms with E-state index in [1.54, 1.807) is 18.5 Å². The van der Waals surface area contributed by atoms with Crippen LogP contribution in [0.15, 0.2) is 36.7 Å². The Morgan fingerprint density at radius 1 is 1.27 bits per heavy atom. The van der Waals surface area contributed by atoms with Gasteiger partial charge in [0, 0.05) is 31.0 Å². The molecule has 116 valence electrons. The first-order chi connectivity index (χ1) is 10.7. The van der Waals surface area contributed by atoms with E-state index in [1.165, 1.54) is 19.2 Å². The lowest BCUT2D eigenvalue weighted by Gasteiger charge is -2.07. The Bertz CT molecular complexity index is 622. The SMILES string of the molecule is COc1ccc(C(=O)NCCCNc2ncccn2)cc1F. The van der Waals surface area contributed by atoms with Crippen molar-refractivity contribution in [2.75, 3.05) is 25.5 Å². The molecule has 22 heavy (non-hydrogen) atoms. The molecule has 0 aliphatic carbocycles. The van der Waals surface area contributed by atoms with Gasteiger partial charge in [0.05, 0.1) is 7.11 Å². The highest BCUT2D eigenvalue weighted by Crippen LogP contribution is 2.17. The molecule has 0 unspecified atom stereocenters. The molecule has 0 radical (unpaired) electrons. The Hall–Kier alpha value is -2.70. The average Bonchev–Trinajstić information content (AvgIpc) is 2.55. The highest BCUT2D eigenvalue weighted by molar-refractivity contribution is 5.94. The first kappa shape index (κ1) is 15.7. The van der Waals surface area contributed by atoms with Crippen LogP contribution in [0.3, 0.4) is 0 Å². The lowest BCUT2D eigenvalue weighted by Crippen LogP contribution is -2.26. The molecule has 0 aliphatic heterocycles. The fourth-order valence-corrected chi connectivity index (χ4v) is 1.79. The molecule has 2 aromatic rings. The van der Waals surface area contributed by atoms with E-state index < -0.39 is 5.82 Å². The molecule has 0 fully saturated rings. The number of hydrogen-bond acceptors (Lipinski definition) is 5. The summed E-state index contributed by atoms with van der Waals surface area (Å²) >= 11 is 0. The molecule has 0 atom stereocenters. The second-order valence-electron chi connectivity index (χ2n) is 4.46. The Morgan fingerprint density at radius 3 is 2.73 bits per heavy atom. The van der Waals surface area contributed by atoms with Gasteiger partial charge in [-0.25, -0.2) is 14.4 Å². The normalized spacial score (nSPS) is 10.1. The van der Waals surface area contributed by atoms with Crippen molar-refractivity contribution in [1.82, 2.24) is 15.3 Å². The minimum atomic E-state index is -0.557. The highest BCUT2D eigenvalue weighted by Gasteiger charge is 2.09. The van der Waals surface area contributed by atoms with Crippen LogP contribution >= 0.6 is 0 Å². The van der Waals surface area contributed by atoms with Crippen LogP contribution in [0.4, 0.5) is 10.3 Å². The number of carbonyl (C=O) groups excluding carboxylic acids is 1. The van der Waals surface area contributed by atoms with Crippen molar-refractivity contribution in [3.8, 4) is 5.75 Å². The molecular formula is C15H17FN4O2. The summed E-state index contributed by atoms with van der Waals surface area (Å²) < 4.78 is 18.3. The van der Waals surface area contributed by atoms with E-state index in [-0.39, 0.29) is 17.2 Å². The number of carbonyl (C=O) groups is 1. The van der Waals surface area contributed by atoms with E-state index in [4.69, 9.17) is 4.74 Å². The van der Waals surface area contributed by atoms with Crippen molar-refractivity contribution in [2.24, 2.45) is 0 Å². The van der Waals surface area contributed by atoms with Crippen molar-refractivity contribution in [1.29, 1.82) is 0 Å². The quantitative estimate of drug-likeness (QED) is 0.764. The molecule has 0 aliphatic rings. The van der Waals surface area contributed by atoms with Gasteiger partial charge in [-0.2, -0.15) is 0 Å². The van der Waals surface area contributed by atoms with Gasteiger partial charge in [-0.05, 0) is 30.7 Å². The molecule has 1 heterocycles. The van der Waals surface area contributed by atoms with Crippen molar-refractivity contribution >= 4 is 11.9 Å². The molecule has 1 aromatic carbocycles. The van der Waals surface area contributed by atoms with Gasteiger partial charge in [0.15, 0.2) is 11.6 Å². The number of methoxy groups -OCH3 is 1. The molecular weight excluding hydrogens is 287 g/mol. The van der Waals surface area contributed by atoms with Crippen LogP contribution < -0.4 is 15.4 Å². The monoisotopic (exact) mass is 304 g/mol. The zero-order chi connectivity index (χ0) is 15.8. The zero-order valence-corrected chi connectivity index (χ0v) is 12.2. The molecule has 0 saturated carbocycles. The first-order valence-electron chi connectivity index (χ1n) is 6.83. The van der Waals surface area contributed by atoms with Crippen molar-refractivity contribution in [3.05, 3.63) is 48.0 Å². The van der Waals surface area contributed by atoms with E-state index in [1.807, 2.05) is 0 Å². The number of halogens is 1. The lowest BCUT2D eigenvalue weighted by molar-refractivity contribution is 0.0953. The van der Waals surface area contributed by atoms with Crippen LogP contribution in [-0.4, -0.2) is 36.1 Å². The number of aromatic nitrogens is 2. The molecule has 0 saturated heterocycles. The van der Waals surface area contributed by atoms with Gasteiger partial charge in [0.2, 0.25) is 5.95 Å². The number of rotatable bonds is 7. The van der Waals surface area contributed by atoms with Gasteiger partial charge in [0.25, 0.3) is 5.91 Å². The van der Waals surface area contributed by atoms with Crippen LogP contribution in [0.25, 0.3) is 0 Å². The number of anilines is 1. The van der Waals surface area contributed by atoms with E-state index in [0.29, 0.717) is 25.5 Å². The third kappa shape index (κ3) is 4.41. The summed E-state index contributed by atoms with van der Waals surface area (Å²) in [6.45, 7) is 1.09. The maximum Gasteiger partial charge on any atom is 0.251 e. The average molecular weight is 304 g/mol. The standard InChI is InChI=1S/C15H17FN4O2/c1-22-13-5-4-11(10-12(13)16)14(21)17-6-2-7-18-15-19-8-3-9-20-15/h3-5,8-10H,2,6-7H2,1H3,(H,17,21)(H,18,19,20). The largest absolute Gasteiger partial charge is 0.494 e. The zero-order valence-electron chi connectivity index (χ0n) is 12.2. The Balaban J connectivity index is 1.72. The summed E-state index contributed by atoms with van der Waals surface area (Å²) in [6, 6.07) is 5.84. The van der Waals surface area contributed by atoms with Gasteiger partial charge < -0.3 is 15.4 Å². The molecule has 0 spiro atoms. The minimum absolute atomic E-state index is 0.114. The minimum Gasteiger partial charge on any atom is -0.494 e. The fourth-order valence-electron chi connectivity index (χ4n) is 1.79. The van der Waals surface area contributed by atoms with Gasteiger partial charge in [-0.1, -0.05) is 0 Å². The van der Waals surface area contributed by atoms with Crippen molar-refractivity contribution in [2.45, 2.75) is 6.42 Å². The molecule has 1 amide bonds. The van der Waals surface area contributed by atoms with Crippen LogP contribution in [0.2, 0.25) is 0 Å². The van der Waals surface area contributed by atoms with Crippen LogP contribution in [0, 0.1) is 5.82 Å². The van der Waals surface area contributed by atoms with Crippen molar-refractivity contribution < 1.29 is 13.9 Å². The van der Waals surface area contributed by atoms with Crippen LogP contribution in [-0.2, 0) is 0 Å². The molecule has 1 aromatic heterocycles. The van der Waals surface area contributed by atoms with E-state index in [2.05, 4.69) is 20.6 Å². The highest BCUT2D eigenvalue weighted by atomic mass is 19.1. The van der Waals surface area contributed by atoms with Crippen LogP contribution in [0.1, 0.15) is 16.8 Å². The number of nitrogens with zero attached hydrogens (tertiary/aromatic N) is 2. The third-order valence-electron chi connectivity index (χ3n) is 2.90. The summed E-state index contributed by atoms with van der Waals surface area (Å²) in [6.07, 6.45) is 3.99. The summed E-state index contributed by atoms with van der Waals surface area (Å²) in [5.41, 5.74) is 0.262. The summed E-state index contributed by atoms with van der Waals surface area (Å²) in [7, 11) is 1.38. The van der Waals surface area contributed by atoms with Gasteiger partial charge in [0.1, 0.15) is 0 Å². The lowest BCUT2D eigenvalue weighted by atomic mass is 10.2. The third-order valence-corrected chi connectivity index (χ3v) is 2.90. The predicted molar refractivity (Wildman–Crippen MR) is 80.4 cm³/mol. The number of nitrogens with one attached hydrogen (secondary N) is 2. The summed E-state index contributed by atoms with van der Waals surface area (Å²) in [4.78, 5) is 19.9. The number of hydrogen-bond donors (Lipinski definition) is 2. The van der Waals surface area contributed by atoms with Crippen LogP contribution in [0.5, 0.6) is 5.75 Å². The van der Waals surface area contributed by atoms with Crippen molar-refractivity contribution in [3.63, 3.8) is 0 Å². The fraction of sp³-hybridized carbons (Fsp3) is 0.267. The first-order valence-corrected chi connectivity index (χ1v) is 6.83. The molecule has 2 rings (SSSR count). The second kappa shape index (κ2) is 7.92. The van der Waals surface area contributed by atoms with Gasteiger partial charge in [-0.3, -0.25) is 4.79 Å². The Kier molecular flexibility index (Phi) is 5.65. The maximum atomic E-state index is 13.5. The van der Waals surface area contributed by atoms with E-state index in [9.17, 15) is 9.18 Å². The number of benzene rings is 1. The summed E-state index contributed by atoms with van der Waals surface area (Å²) in [5, 5.41) is 5.75. The number of amides is 1. The molecule has 2 N–H and O–H groups in total. The Labute approximate surface area is 127 Å².